The number of ether oxygens (including phenoxy) is 1. The number of aromatic nitrogens is 4. The number of H-pyrrole nitrogens is 1. The molecule has 0 saturated carbocycles. The van der Waals surface area contributed by atoms with E-state index in [0.29, 0.717) is 24.7 Å². The van der Waals surface area contributed by atoms with Gasteiger partial charge < -0.3 is 14.6 Å². The lowest BCUT2D eigenvalue weighted by Gasteiger charge is -2.31. The lowest BCUT2D eigenvalue weighted by molar-refractivity contribution is 0.0706. The molecule has 1 saturated heterocycles. The van der Waals surface area contributed by atoms with Gasteiger partial charge >= 0.3 is 0 Å². The smallest absolute Gasteiger partial charge is 0.271 e. The Kier molecular flexibility index (Phi) is 4.82. The summed E-state index contributed by atoms with van der Waals surface area (Å²) in [5.74, 6) is 1.49. The van der Waals surface area contributed by atoms with Gasteiger partial charge in [-0.3, -0.25) is 9.78 Å². The van der Waals surface area contributed by atoms with E-state index in [1.165, 1.54) is 11.9 Å². The number of hydrogen-bond donors (Lipinski definition) is 1. The Bertz CT molecular complexity index is 900. The first-order chi connectivity index (χ1) is 13.2. The number of carbonyl (C=O) groups is 1. The molecular weight excluding hydrogens is 342 g/mol. The number of aryl methyl sites for hydroxylation is 1. The van der Waals surface area contributed by atoms with Crippen LogP contribution in [0.4, 0.5) is 0 Å². The molecule has 1 fully saturated rings. The second kappa shape index (κ2) is 7.57. The number of nitrogens with one attached hydrogen (secondary N) is 1. The highest BCUT2D eigenvalue weighted by Gasteiger charge is 2.28. The van der Waals surface area contributed by atoms with Gasteiger partial charge in [0.05, 0.1) is 12.5 Å². The van der Waals surface area contributed by atoms with E-state index in [4.69, 9.17) is 4.74 Å². The molecule has 1 amide bonds. The Morgan fingerprint density at radius 3 is 2.59 bits per heavy atom. The topological polar surface area (TPSA) is 84.0 Å². The predicted octanol–water partition coefficient (Wildman–Crippen LogP) is 3.32. The van der Waals surface area contributed by atoms with Crippen LogP contribution in [-0.4, -0.2) is 43.8 Å². The summed E-state index contributed by atoms with van der Waals surface area (Å²) in [6.45, 7) is 3.38. The van der Waals surface area contributed by atoms with Crippen molar-refractivity contribution in [3.63, 3.8) is 0 Å². The molecule has 0 spiro atoms. The molecule has 0 bridgehead atoms. The summed E-state index contributed by atoms with van der Waals surface area (Å²) in [5.41, 5.74) is 2.55. The van der Waals surface area contributed by atoms with Crippen LogP contribution >= 0.6 is 0 Å². The summed E-state index contributed by atoms with van der Waals surface area (Å²) in [6.07, 6.45) is 8.06. The van der Waals surface area contributed by atoms with Gasteiger partial charge in [-0.15, -0.1) is 0 Å². The summed E-state index contributed by atoms with van der Waals surface area (Å²) in [5, 5.41) is 0. The van der Waals surface area contributed by atoms with Crippen LogP contribution in [0.1, 0.15) is 40.5 Å². The van der Waals surface area contributed by atoms with Gasteiger partial charge in [-0.1, -0.05) is 17.7 Å². The first kappa shape index (κ1) is 17.2. The van der Waals surface area contributed by atoms with Crippen molar-refractivity contribution in [2.75, 3.05) is 13.1 Å². The van der Waals surface area contributed by atoms with Gasteiger partial charge in [0.25, 0.3) is 5.91 Å². The van der Waals surface area contributed by atoms with Crippen LogP contribution in [0, 0.1) is 6.92 Å². The van der Waals surface area contributed by atoms with Crippen molar-refractivity contribution in [1.29, 1.82) is 0 Å². The number of piperidine rings is 1. The van der Waals surface area contributed by atoms with Crippen molar-refractivity contribution in [1.82, 2.24) is 24.8 Å². The van der Waals surface area contributed by atoms with E-state index in [0.717, 1.165) is 24.3 Å². The van der Waals surface area contributed by atoms with Crippen LogP contribution in [0.2, 0.25) is 0 Å². The summed E-state index contributed by atoms with van der Waals surface area (Å²) >= 11 is 0. The highest BCUT2D eigenvalue weighted by molar-refractivity contribution is 5.92. The molecule has 3 aromatic rings. The number of rotatable bonds is 4. The molecule has 4 rings (SSSR count). The molecule has 7 heteroatoms. The average molecular weight is 363 g/mol. The third-order valence-electron chi connectivity index (χ3n) is 4.82. The number of imidazole rings is 1. The minimum Gasteiger partial charge on any atom is -0.437 e. The number of hydrogen-bond acceptors (Lipinski definition) is 5. The third-order valence-corrected chi connectivity index (χ3v) is 4.82. The van der Waals surface area contributed by atoms with Gasteiger partial charge in [-0.25, -0.2) is 9.97 Å². The normalized spacial score (nSPS) is 14.9. The molecule has 1 aromatic carbocycles. The van der Waals surface area contributed by atoms with Crippen LogP contribution in [0.15, 0.2) is 49.2 Å². The summed E-state index contributed by atoms with van der Waals surface area (Å²) in [4.78, 5) is 30.0. The zero-order valence-electron chi connectivity index (χ0n) is 15.1. The Balaban J connectivity index is 1.45. The minimum absolute atomic E-state index is 0.0128. The van der Waals surface area contributed by atoms with Crippen LogP contribution in [-0.2, 0) is 0 Å². The average Bonchev–Trinajstić information content (AvgIpc) is 3.25. The highest BCUT2D eigenvalue weighted by atomic mass is 16.5. The molecule has 0 radical (unpaired) electrons. The zero-order valence-corrected chi connectivity index (χ0v) is 15.1. The van der Waals surface area contributed by atoms with Crippen LogP contribution in [0.3, 0.4) is 0 Å². The van der Waals surface area contributed by atoms with Crippen molar-refractivity contribution in [2.45, 2.75) is 25.7 Å². The van der Waals surface area contributed by atoms with E-state index in [9.17, 15) is 4.79 Å². The molecule has 3 heterocycles. The maximum absolute atomic E-state index is 12.4. The summed E-state index contributed by atoms with van der Waals surface area (Å²) in [6, 6.07) is 7.87. The maximum Gasteiger partial charge on any atom is 0.271 e. The Morgan fingerprint density at radius 1 is 1.15 bits per heavy atom. The van der Waals surface area contributed by atoms with Crippen LogP contribution < -0.4 is 4.74 Å². The van der Waals surface area contributed by atoms with E-state index in [2.05, 4.69) is 19.9 Å². The van der Waals surface area contributed by atoms with E-state index in [1.807, 2.05) is 36.1 Å². The van der Waals surface area contributed by atoms with Gasteiger partial charge in [-0.05, 0) is 31.9 Å². The predicted molar refractivity (Wildman–Crippen MR) is 99.8 cm³/mol. The number of nitrogens with zero attached hydrogens (tertiary/aromatic N) is 4. The summed E-state index contributed by atoms with van der Waals surface area (Å²) in [7, 11) is 0. The molecule has 138 valence electrons. The number of amides is 1. The van der Waals surface area contributed by atoms with Gasteiger partial charge in [0.2, 0.25) is 5.88 Å². The van der Waals surface area contributed by atoms with Crippen molar-refractivity contribution in [3.05, 3.63) is 66.1 Å². The molecule has 1 N–H and O–H groups in total. The lowest BCUT2D eigenvalue weighted by Crippen LogP contribution is -2.38. The minimum atomic E-state index is -0.0128. The zero-order chi connectivity index (χ0) is 18.6. The highest BCUT2D eigenvalue weighted by Crippen LogP contribution is 2.33. The Labute approximate surface area is 157 Å². The van der Waals surface area contributed by atoms with Crippen molar-refractivity contribution in [3.8, 4) is 11.6 Å². The van der Waals surface area contributed by atoms with E-state index >= 15 is 0 Å². The molecule has 0 aliphatic carbocycles. The monoisotopic (exact) mass is 363 g/mol. The molecule has 1 aliphatic rings. The summed E-state index contributed by atoms with van der Waals surface area (Å²) < 4.78 is 5.98. The van der Waals surface area contributed by atoms with Gasteiger partial charge in [-0.2, -0.15) is 0 Å². The second-order valence-electron chi connectivity index (χ2n) is 6.69. The Morgan fingerprint density at radius 2 is 1.89 bits per heavy atom. The van der Waals surface area contributed by atoms with E-state index in [1.54, 1.807) is 18.6 Å². The molecule has 1 aliphatic heterocycles. The number of likely N-dealkylation sites (tertiary alicyclic amines) is 1. The van der Waals surface area contributed by atoms with E-state index < -0.39 is 0 Å². The second-order valence-corrected chi connectivity index (χ2v) is 6.69. The Hall–Kier alpha value is -3.22. The van der Waals surface area contributed by atoms with Gasteiger partial charge in [0.1, 0.15) is 17.1 Å². The van der Waals surface area contributed by atoms with E-state index in [-0.39, 0.29) is 11.8 Å². The van der Waals surface area contributed by atoms with Crippen molar-refractivity contribution in [2.24, 2.45) is 0 Å². The fourth-order valence-corrected chi connectivity index (χ4v) is 3.31. The maximum atomic E-state index is 12.4. The SMILES string of the molecule is Cc1ccc(Oc2nccnc2C2CCN(C(=O)c3cnc[nH]3)CC2)cc1. The first-order valence-electron chi connectivity index (χ1n) is 9.04. The third kappa shape index (κ3) is 3.81. The molecule has 7 nitrogen and oxygen atoms in total. The first-order valence-corrected chi connectivity index (χ1v) is 9.04. The van der Waals surface area contributed by atoms with Crippen molar-refractivity contribution < 1.29 is 9.53 Å². The quantitative estimate of drug-likeness (QED) is 0.769. The molecule has 27 heavy (non-hydrogen) atoms. The van der Waals surface area contributed by atoms with Crippen LogP contribution in [0.25, 0.3) is 0 Å². The number of aromatic amines is 1. The van der Waals surface area contributed by atoms with Crippen molar-refractivity contribution >= 4 is 5.91 Å². The largest absolute Gasteiger partial charge is 0.437 e. The van der Waals surface area contributed by atoms with Crippen LogP contribution in [0.5, 0.6) is 11.6 Å². The molecular formula is C20H21N5O2. The lowest BCUT2D eigenvalue weighted by atomic mass is 9.93. The number of carbonyl (C=O) groups excluding carboxylic acids is 1. The molecule has 2 aromatic heterocycles. The van der Waals surface area contributed by atoms with Gasteiger partial charge in [0.15, 0.2) is 0 Å². The standard InChI is InChI=1S/C20H21N5O2/c1-14-2-4-16(5-3-14)27-19-18(22-8-9-23-19)15-6-10-25(11-7-15)20(26)17-12-21-13-24-17/h2-5,8-9,12-13,15H,6-7,10-11H2,1H3,(H,21,24). The fraction of sp³-hybridized carbons (Fsp3) is 0.300. The number of benzene rings is 1. The molecule has 0 unspecified atom stereocenters. The van der Waals surface area contributed by atoms with Gasteiger partial charge in [0, 0.05) is 31.4 Å². The fourth-order valence-electron chi connectivity index (χ4n) is 3.31. The molecule has 0 atom stereocenters.